The van der Waals surface area contributed by atoms with E-state index in [1.807, 2.05) is 18.2 Å². The first-order chi connectivity index (χ1) is 9.69. The van der Waals surface area contributed by atoms with Crippen LogP contribution in [0, 0.1) is 23.2 Å². The van der Waals surface area contributed by atoms with E-state index in [1.54, 1.807) is 6.20 Å². The van der Waals surface area contributed by atoms with Crippen LogP contribution in [0.2, 0.25) is 0 Å². The molecule has 1 aliphatic heterocycles. The van der Waals surface area contributed by atoms with Gasteiger partial charge in [-0.25, -0.2) is 0 Å². The molecular weight excluding hydrogens is 246 g/mol. The molecule has 102 valence electrons. The SMILES string of the molecule is CC1CC(C)CN(c2c(C#N)cnc3ccccc23)C1. The highest BCUT2D eigenvalue weighted by Crippen LogP contribution is 2.33. The third-order valence-electron chi connectivity index (χ3n) is 4.05. The molecule has 0 N–H and O–H groups in total. The number of piperidine rings is 1. The molecule has 0 spiro atoms. The van der Waals surface area contributed by atoms with Gasteiger partial charge in [-0.3, -0.25) is 4.98 Å². The molecular formula is C17H19N3. The number of hydrogen-bond acceptors (Lipinski definition) is 3. The second-order valence-electron chi connectivity index (χ2n) is 6.00. The Labute approximate surface area is 119 Å². The van der Waals surface area contributed by atoms with Gasteiger partial charge in [0.2, 0.25) is 0 Å². The summed E-state index contributed by atoms with van der Waals surface area (Å²) in [5.74, 6) is 1.33. The average molecular weight is 265 g/mol. The molecule has 1 saturated heterocycles. The van der Waals surface area contributed by atoms with E-state index in [2.05, 4.69) is 35.9 Å². The Hall–Kier alpha value is -2.08. The summed E-state index contributed by atoms with van der Waals surface area (Å²) in [5, 5.41) is 10.5. The Morgan fingerprint density at radius 1 is 1.20 bits per heavy atom. The summed E-state index contributed by atoms with van der Waals surface area (Å²) in [6.07, 6.45) is 2.98. The van der Waals surface area contributed by atoms with Crippen LogP contribution in [-0.4, -0.2) is 18.1 Å². The predicted molar refractivity (Wildman–Crippen MR) is 81.6 cm³/mol. The number of hydrogen-bond donors (Lipinski definition) is 0. The smallest absolute Gasteiger partial charge is 0.103 e. The molecule has 20 heavy (non-hydrogen) atoms. The summed E-state index contributed by atoms with van der Waals surface area (Å²) in [6, 6.07) is 10.4. The minimum absolute atomic E-state index is 0.664. The molecule has 1 aromatic heterocycles. The molecule has 0 bridgehead atoms. The van der Waals surface area contributed by atoms with Gasteiger partial charge in [-0.05, 0) is 24.3 Å². The highest BCUT2D eigenvalue weighted by atomic mass is 15.1. The van der Waals surface area contributed by atoms with Crippen LogP contribution in [0.5, 0.6) is 0 Å². The Morgan fingerprint density at radius 2 is 1.90 bits per heavy atom. The number of rotatable bonds is 1. The average Bonchev–Trinajstić information content (AvgIpc) is 2.45. The van der Waals surface area contributed by atoms with Gasteiger partial charge >= 0.3 is 0 Å². The number of aromatic nitrogens is 1. The van der Waals surface area contributed by atoms with Gasteiger partial charge in [-0.15, -0.1) is 0 Å². The van der Waals surface area contributed by atoms with E-state index in [0.29, 0.717) is 17.4 Å². The second kappa shape index (κ2) is 5.13. The number of pyridine rings is 1. The number of benzene rings is 1. The fourth-order valence-electron chi connectivity index (χ4n) is 3.39. The minimum Gasteiger partial charge on any atom is -0.369 e. The molecule has 2 heterocycles. The maximum Gasteiger partial charge on any atom is 0.103 e. The molecule has 0 aliphatic carbocycles. The van der Waals surface area contributed by atoms with Crippen molar-refractivity contribution in [2.24, 2.45) is 11.8 Å². The molecule has 3 rings (SSSR count). The van der Waals surface area contributed by atoms with Crippen molar-refractivity contribution < 1.29 is 0 Å². The monoisotopic (exact) mass is 265 g/mol. The van der Waals surface area contributed by atoms with E-state index in [-0.39, 0.29) is 0 Å². The summed E-state index contributed by atoms with van der Waals surface area (Å²) in [5.41, 5.74) is 2.72. The lowest BCUT2D eigenvalue weighted by molar-refractivity contribution is 0.357. The molecule has 1 aliphatic rings. The Balaban J connectivity index is 2.16. The summed E-state index contributed by atoms with van der Waals surface area (Å²) in [4.78, 5) is 6.77. The molecule has 1 aromatic carbocycles. The molecule has 0 saturated carbocycles. The molecule has 0 radical (unpaired) electrons. The zero-order chi connectivity index (χ0) is 14.1. The van der Waals surface area contributed by atoms with Gasteiger partial charge in [0.1, 0.15) is 6.07 Å². The van der Waals surface area contributed by atoms with Crippen molar-refractivity contribution in [1.29, 1.82) is 5.26 Å². The lowest BCUT2D eigenvalue weighted by Crippen LogP contribution is -2.39. The molecule has 1 fully saturated rings. The number of nitriles is 1. The summed E-state index contributed by atoms with van der Waals surface area (Å²) >= 11 is 0. The first-order valence-electron chi connectivity index (χ1n) is 7.22. The summed E-state index contributed by atoms with van der Waals surface area (Å²) < 4.78 is 0. The normalized spacial score (nSPS) is 22.8. The third-order valence-corrected chi connectivity index (χ3v) is 4.05. The van der Waals surface area contributed by atoms with E-state index in [4.69, 9.17) is 0 Å². The first kappa shape index (κ1) is 12.9. The second-order valence-corrected chi connectivity index (χ2v) is 6.00. The van der Waals surface area contributed by atoms with Crippen molar-refractivity contribution >= 4 is 16.6 Å². The largest absolute Gasteiger partial charge is 0.369 e. The van der Waals surface area contributed by atoms with Crippen LogP contribution in [0.25, 0.3) is 10.9 Å². The Morgan fingerprint density at radius 3 is 2.60 bits per heavy atom. The van der Waals surface area contributed by atoms with Gasteiger partial charge in [0.05, 0.1) is 16.8 Å². The first-order valence-corrected chi connectivity index (χ1v) is 7.22. The standard InChI is InChI=1S/C17H19N3/c1-12-7-13(2)11-20(10-12)17-14(8-18)9-19-16-6-4-3-5-15(16)17/h3-6,9,12-13H,7,10-11H2,1-2H3. The van der Waals surface area contributed by atoms with E-state index >= 15 is 0 Å². The van der Waals surface area contributed by atoms with Gasteiger partial charge < -0.3 is 4.90 Å². The fraction of sp³-hybridized carbons (Fsp3) is 0.412. The number of anilines is 1. The van der Waals surface area contributed by atoms with Crippen molar-refractivity contribution in [3.05, 3.63) is 36.0 Å². The Kier molecular flexibility index (Phi) is 3.31. The van der Waals surface area contributed by atoms with Crippen LogP contribution in [0.15, 0.2) is 30.5 Å². The lowest BCUT2D eigenvalue weighted by Gasteiger charge is -2.37. The van der Waals surface area contributed by atoms with Crippen LogP contribution in [-0.2, 0) is 0 Å². The maximum absolute atomic E-state index is 9.42. The van der Waals surface area contributed by atoms with Crippen LogP contribution in [0.1, 0.15) is 25.8 Å². The van der Waals surface area contributed by atoms with Crippen LogP contribution in [0.4, 0.5) is 5.69 Å². The van der Waals surface area contributed by atoms with Gasteiger partial charge in [-0.1, -0.05) is 32.0 Å². The number of fused-ring (bicyclic) bond motifs is 1. The van der Waals surface area contributed by atoms with Gasteiger partial charge in [0, 0.05) is 24.7 Å². The predicted octanol–water partition coefficient (Wildman–Crippen LogP) is 3.59. The van der Waals surface area contributed by atoms with Crippen molar-refractivity contribution in [2.45, 2.75) is 20.3 Å². The molecule has 0 amide bonds. The molecule has 2 aromatic rings. The Bertz CT molecular complexity index is 661. The molecule has 3 nitrogen and oxygen atoms in total. The van der Waals surface area contributed by atoms with E-state index in [9.17, 15) is 5.26 Å². The number of para-hydroxylation sites is 1. The van der Waals surface area contributed by atoms with Crippen molar-refractivity contribution in [3.63, 3.8) is 0 Å². The summed E-state index contributed by atoms with van der Waals surface area (Å²) in [6.45, 7) is 6.62. The van der Waals surface area contributed by atoms with E-state index < -0.39 is 0 Å². The lowest BCUT2D eigenvalue weighted by atomic mass is 9.91. The van der Waals surface area contributed by atoms with Crippen molar-refractivity contribution in [3.8, 4) is 6.07 Å². The van der Waals surface area contributed by atoms with Gasteiger partial charge in [0.25, 0.3) is 0 Å². The van der Waals surface area contributed by atoms with E-state index in [0.717, 1.165) is 29.7 Å². The van der Waals surface area contributed by atoms with Crippen molar-refractivity contribution in [2.75, 3.05) is 18.0 Å². The topological polar surface area (TPSA) is 39.9 Å². The molecule has 2 atom stereocenters. The fourth-order valence-corrected chi connectivity index (χ4v) is 3.39. The van der Waals surface area contributed by atoms with Gasteiger partial charge in [-0.2, -0.15) is 5.26 Å². The van der Waals surface area contributed by atoms with Gasteiger partial charge in [0.15, 0.2) is 0 Å². The van der Waals surface area contributed by atoms with Crippen LogP contribution >= 0.6 is 0 Å². The van der Waals surface area contributed by atoms with Crippen molar-refractivity contribution in [1.82, 2.24) is 4.98 Å². The third kappa shape index (κ3) is 2.22. The molecule has 2 unspecified atom stereocenters. The zero-order valence-corrected chi connectivity index (χ0v) is 12.0. The molecule has 3 heteroatoms. The van der Waals surface area contributed by atoms with E-state index in [1.165, 1.54) is 6.42 Å². The quantitative estimate of drug-likeness (QED) is 0.791. The highest BCUT2D eigenvalue weighted by molar-refractivity contribution is 5.94. The minimum atomic E-state index is 0.664. The van der Waals surface area contributed by atoms with Crippen LogP contribution in [0.3, 0.4) is 0 Å². The van der Waals surface area contributed by atoms with Crippen LogP contribution < -0.4 is 4.90 Å². The maximum atomic E-state index is 9.42. The highest BCUT2D eigenvalue weighted by Gasteiger charge is 2.25. The zero-order valence-electron chi connectivity index (χ0n) is 12.0. The summed E-state index contributed by atoms with van der Waals surface area (Å²) in [7, 11) is 0. The number of nitrogens with zero attached hydrogens (tertiary/aromatic N) is 3.